The quantitative estimate of drug-likeness (QED) is 0.338. The smallest absolute Gasteiger partial charge is 0.336 e. The number of rotatable bonds is 9. The first-order valence-corrected chi connectivity index (χ1v) is 10.2. The van der Waals surface area contributed by atoms with E-state index in [0.29, 0.717) is 22.0 Å². The second-order valence-electron chi connectivity index (χ2n) is 6.71. The van der Waals surface area contributed by atoms with E-state index in [4.69, 9.17) is 31.1 Å². The molecule has 1 aliphatic rings. The minimum atomic E-state index is -0.803. The van der Waals surface area contributed by atoms with Gasteiger partial charge < -0.3 is 19.5 Å². The molecular formula is C22H26ClN3O5. The molecule has 31 heavy (non-hydrogen) atoms. The molecule has 0 amide bonds. The molecule has 0 aliphatic carbocycles. The lowest BCUT2D eigenvalue weighted by Crippen LogP contribution is -2.36. The Kier molecular flexibility index (Phi) is 9.06. The maximum absolute atomic E-state index is 13.0. The third-order valence-electron chi connectivity index (χ3n) is 4.71. The van der Waals surface area contributed by atoms with E-state index >= 15 is 0 Å². The Morgan fingerprint density at radius 3 is 2.61 bits per heavy atom. The van der Waals surface area contributed by atoms with Gasteiger partial charge in [0.2, 0.25) is 0 Å². The highest BCUT2D eigenvalue weighted by Crippen LogP contribution is 2.41. The molecule has 2 N–H and O–H groups in total. The van der Waals surface area contributed by atoms with E-state index in [-0.39, 0.29) is 30.9 Å². The van der Waals surface area contributed by atoms with E-state index in [0.717, 1.165) is 0 Å². The van der Waals surface area contributed by atoms with E-state index in [9.17, 15) is 9.59 Å². The SMILES string of the molecule is CCOC(=O)C1=C(COC(C)NCC#N)NC(C)=C(C(=O)OC)C1c1ccccc1Cl. The number of allylic oxidation sites excluding steroid dienone is 1. The minimum Gasteiger partial charge on any atom is -0.466 e. The van der Waals surface area contributed by atoms with Crippen LogP contribution in [-0.4, -0.2) is 45.0 Å². The summed E-state index contributed by atoms with van der Waals surface area (Å²) in [5.41, 5.74) is 2.01. The van der Waals surface area contributed by atoms with Crippen molar-refractivity contribution in [2.24, 2.45) is 0 Å². The Labute approximate surface area is 186 Å². The summed E-state index contributed by atoms with van der Waals surface area (Å²) in [4.78, 5) is 25.7. The van der Waals surface area contributed by atoms with Gasteiger partial charge in [-0.15, -0.1) is 0 Å². The van der Waals surface area contributed by atoms with Crippen LogP contribution in [0.4, 0.5) is 0 Å². The first kappa shape index (κ1) is 24.4. The molecule has 0 spiro atoms. The van der Waals surface area contributed by atoms with Crippen LogP contribution in [0.5, 0.6) is 0 Å². The molecule has 1 aromatic rings. The Balaban J connectivity index is 2.59. The maximum atomic E-state index is 13.0. The van der Waals surface area contributed by atoms with Crippen LogP contribution in [0, 0.1) is 11.3 Å². The van der Waals surface area contributed by atoms with Crippen molar-refractivity contribution in [1.29, 1.82) is 5.26 Å². The first-order chi connectivity index (χ1) is 14.8. The van der Waals surface area contributed by atoms with Gasteiger partial charge in [0, 0.05) is 10.7 Å². The van der Waals surface area contributed by atoms with Crippen molar-refractivity contribution in [2.45, 2.75) is 32.9 Å². The molecule has 9 heteroatoms. The summed E-state index contributed by atoms with van der Waals surface area (Å²) in [6, 6.07) is 8.97. The largest absolute Gasteiger partial charge is 0.466 e. The van der Waals surface area contributed by atoms with Crippen LogP contribution in [0.15, 0.2) is 46.8 Å². The second-order valence-corrected chi connectivity index (χ2v) is 7.12. The van der Waals surface area contributed by atoms with E-state index in [1.807, 2.05) is 6.07 Å². The van der Waals surface area contributed by atoms with Crippen molar-refractivity contribution in [3.8, 4) is 6.07 Å². The summed E-state index contributed by atoms with van der Waals surface area (Å²) in [6.07, 6.45) is -0.442. The number of carbonyl (C=O) groups excluding carboxylic acids is 2. The number of ether oxygens (including phenoxy) is 3. The van der Waals surface area contributed by atoms with Gasteiger partial charge >= 0.3 is 11.9 Å². The zero-order valence-electron chi connectivity index (χ0n) is 18.0. The summed E-state index contributed by atoms with van der Waals surface area (Å²) in [5.74, 6) is -1.98. The number of carbonyl (C=O) groups is 2. The van der Waals surface area contributed by atoms with Gasteiger partial charge in [-0.25, -0.2) is 9.59 Å². The molecule has 1 heterocycles. The fourth-order valence-electron chi connectivity index (χ4n) is 3.32. The molecule has 0 fully saturated rings. The average Bonchev–Trinajstić information content (AvgIpc) is 2.75. The first-order valence-electron chi connectivity index (χ1n) is 9.78. The number of benzene rings is 1. The second kappa shape index (κ2) is 11.5. The highest BCUT2D eigenvalue weighted by atomic mass is 35.5. The van der Waals surface area contributed by atoms with Crippen molar-refractivity contribution in [3.63, 3.8) is 0 Å². The van der Waals surface area contributed by atoms with Gasteiger partial charge in [-0.1, -0.05) is 29.8 Å². The number of nitrogens with one attached hydrogen (secondary N) is 2. The molecule has 0 saturated heterocycles. The summed E-state index contributed by atoms with van der Waals surface area (Å²) >= 11 is 6.46. The van der Waals surface area contributed by atoms with Gasteiger partial charge in [0.15, 0.2) is 0 Å². The molecule has 0 saturated carbocycles. The van der Waals surface area contributed by atoms with Gasteiger partial charge in [-0.05, 0) is 32.4 Å². The van der Waals surface area contributed by atoms with Crippen molar-refractivity contribution in [3.05, 3.63) is 57.4 Å². The molecule has 1 aromatic carbocycles. The Hall–Kier alpha value is -2.86. The normalized spacial score (nSPS) is 17.0. The predicted octanol–water partition coefficient (Wildman–Crippen LogP) is 2.77. The van der Waals surface area contributed by atoms with Gasteiger partial charge in [0.1, 0.15) is 6.23 Å². The van der Waals surface area contributed by atoms with Gasteiger partial charge in [0.25, 0.3) is 0 Å². The number of hydrogen-bond donors (Lipinski definition) is 2. The van der Waals surface area contributed by atoms with Crippen LogP contribution >= 0.6 is 11.6 Å². The van der Waals surface area contributed by atoms with Crippen molar-refractivity contribution in [2.75, 3.05) is 26.9 Å². The highest BCUT2D eigenvalue weighted by molar-refractivity contribution is 6.31. The summed E-state index contributed by atoms with van der Waals surface area (Å²) in [6.45, 7) is 5.45. The topological polar surface area (TPSA) is 110 Å². The lowest BCUT2D eigenvalue weighted by Gasteiger charge is -2.32. The van der Waals surface area contributed by atoms with E-state index in [1.165, 1.54) is 7.11 Å². The number of methoxy groups -OCH3 is 1. The Morgan fingerprint density at radius 2 is 2.00 bits per heavy atom. The van der Waals surface area contributed by atoms with Crippen molar-refractivity contribution in [1.82, 2.24) is 10.6 Å². The molecule has 0 radical (unpaired) electrons. The highest BCUT2D eigenvalue weighted by Gasteiger charge is 2.39. The van der Waals surface area contributed by atoms with Crippen molar-refractivity contribution < 1.29 is 23.8 Å². The lowest BCUT2D eigenvalue weighted by atomic mass is 9.80. The molecule has 8 nitrogen and oxygen atoms in total. The van der Waals surface area contributed by atoms with Crippen molar-refractivity contribution >= 4 is 23.5 Å². The number of nitriles is 1. The van der Waals surface area contributed by atoms with Crippen LogP contribution in [0.25, 0.3) is 0 Å². The Bertz CT molecular complexity index is 935. The van der Waals surface area contributed by atoms with Gasteiger partial charge in [-0.3, -0.25) is 5.32 Å². The molecule has 0 bridgehead atoms. The number of esters is 2. The van der Waals surface area contributed by atoms with E-state index in [2.05, 4.69) is 10.6 Å². The van der Waals surface area contributed by atoms with Crippen LogP contribution in [-0.2, 0) is 23.8 Å². The van der Waals surface area contributed by atoms with E-state index < -0.39 is 24.1 Å². The minimum absolute atomic E-state index is 0.0144. The predicted molar refractivity (Wildman–Crippen MR) is 115 cm³/mol. The van der Waals surface area contributed by atoms with Crippen LogP contribution < -0.4 is 10.6 Å². The zero-order valence-corrected chi connectivity index (χ0v) is 18.7. The van der Waals surface area contributed by atoms with Crippen LogP contribution in [0.1, 0.15) is 32.3 Å². The molecule has 2 rings (SSSR count). The van der Waals surface area contributed by atoms with Crippen LogP contribution in [0.2, 0.25) is 5.02 Å². The fraction of sp³-hybridized carbons (Fsp3) is 0.409. The lowest BCUT2D eigenvalue weighted by molar-refractivity contribution is -0.139. The third-order valence-corrected chi connectivity index (χ3v) is 5.05. The maximum Gasteiger partial charge on any atom is 0.336 e. The zero-order chi connectivity index (χ0) is 23.0. The standard InChI is InChI=1S/C22H26ClN3O5/c1-5-30-22(28)20-17(12-31-14(3)25-11-10-24)26-13(2)18(21(27)29-4)19(20)15-8-6-7-9-16(15)23/h6-9,14,19,25-26H,5,11-12H2,1-4H3. The summed E-state index contributed by atoms with van der Waals surface area (Å²) in [5, 5.41) is 15.1. The number of nitrogens with zero attached hydrogens (tertiary/aromatic N) is 1. The molecule has 2 unspecified atom stereocenters. The van der Waals surface area contributed by atoms with Gasteiger partial charge in [-0.2, -0.15) is 5.26 Å². The number of hydrogen-bond acceptors (Lipinski definition) is 8. The molecule has 1 aliphatic heterocycles. The summed E-state index contributed by atoms with van der Waals surface area (Å²) < 4.78 is 16.1. The number of halogens is 1. The fourth-order valence-corrected chi connectivity index (χ4v) is 3.56. The van der Waals surface area contributed by atoms with Gasteiger partial charge in [0.05, 0.1) is 55.7 Å². The molecule has 2 atom stereocenters. The molecule has 166 valence electrons. The third kappa shape index (κ3) is 5.85. The Morgan fingerprint density at radius 1 is 1.29 bits per heavy atom. The van der Waals surface area contributed by atoms with Crippen LogP contribution in [0.3, 0.4) is 0 Å². The number of dihydropyridines is 1. The average molecular weight is 448 g/mol. The molecular weight excluding hydrogens is 422 g/mol. The summed E-state index contributed by atoms with van der Waals surface area (Å²) in [7, 11) is 1.28. The van der Waals surface area contributed by atoms with E-state index in [1.54, 1.807) is 45.0 Å². The monoisotopic (exact) mass is 447 g/mol. The molecule has 0 aromatic heterocycles.